The number of hydrogen-bond acceptors (Lipinski definition) is 4. The van der Waals surface area contributed by atoms with Crippen LogP contribution < -0.4 is 10.1 Å². The highest BCUT2D eigenvalue weighted by Gasteiger charge is 2.18. The smallest absolute Gasteiger partial charge is 0.305 e. The lowest BCUT2D eigenvalue weighted by molar-refractivity contribution is -0.138. The summed E-state index contributed by atoms with van der Waals surface area (Å²) in [5.41, 5.74) is 0.424. The van der Waals surface area contributed by atoms with Gasteiger partial charge in [0.25, 0.3) is 5.91 Å². The molecule has 0 radical (unpaired) electrons. The first-order valence-electron chi connectivity index (χ1n) is 7.87. The Hall–Kier alpha value is -2.57. The van der Waals surface area contributed by atoms with Crippen molar-refractivity contribution in [3.05, 3.63) is 29.8 Å². The van der Waals surface area contributed by atoms with Gasteiger partial charge in [0.1, 0.15) is 5.75 Å². The number of aliphatic carboxylic acids is 1. The molecule has 7 heteroatoms. The molecule has 2 amide bonds. The van der Waals surface area contributed by atoms with E-state index >= 15 is 0 Å². The van der Waals surface area contributed by atoms with Crippen molar-refractivity contribution in [2.24, 2.45) is 0 Å². The predicted molar refractivity (Wildman–Crippen MR) is 89.0 cm³/mol. The van der Waals surface area contributed by atoms with E-state index in [2.05, 4.69) is 5.32 Å². The first-order valence-corrected chi connectivity index (χ1v) is 7.87. The fourth-order valence-electron chi connectivity index (χ4n) is 2.12. The van der Waals surface area contributed by atoms with Gasteiger partial charge in [0.05, 0.1) is 19.6 Å². The highest BCUT2D eigenvalue weighted by Crippen LogP contribution is 2.12. The molecule has 0 aliphatic heterocycles. The first kappa shape index (κ1) is 19.5. The highest BCUT2D eigenvalue weighted by molar-refractivity contribution is 5.96. The molecule has 1 rings (SSSR count). The molecule has 0 heterocycles. The van der Waals surface area contributed by atoms with E-state index in [-0.39, 0.29) is 37.4 Å². The third-order valence-corrected chi connectivity index (χ3v) is 3.34. The van der Waals surface area contributed by atoms with Gasteiger partial charge < -0.3 is 20.1 Å². The molecule has 0 unspecified atom stereocenters. The molecule has 0 saturated carbocycles. The standard InChI is InChI=1S/C17H24N2O5/c1-4-24-14-7-5-13(6-8-14)17(23)18-11-15(20)19(12(2)3)10-9-16(21)22/h5-8,12H,4,9-11H2,1-3H3,(H,18,23)(H,21,22). The molecule has 0 fully saturated rings. The summed E-state index contributed by atoms with van der Waals surface area (Å²) in [4.78, 5) is 36.3. The van der Waals surface area contributed by atoms with Crippen LogP contribution in [0.2, 0.25) is 0 Å². The van der Waals surface area contributed by atoms with Gasteiger partial charge in [-0.2, -0.15) is 0 Å². The summed E-state index contributed by atoms with van der Waals surface area (Å²) in [6.45, 7) is 5.95. The van der Waals surface area contributed by atoms with E-state index in [1.165, 1.54) is 4.90 Å². The van der Waals surface area contributed by atoms with Gasteiger partial charge in [0, 0.05) is 18.2 Å². The van der Waals surface area contributed by atoms with Crippen molar-refractivity contribution in [3.8, 4) is 5.75 Å². The summed E-state index contributed by atoms with van der Waals surface area (Å²) in [7, 11) is 0. The van der Waals surface area contributed by atoms with Crippen molar-refractivity contribution in [1.29, 1.82) is 0 Å². The van der Waals surface area contributed by atoms with Crippen molar-refractivity contribution in [3.63, 3.8) is 0 Å². The number of amides is 2. The Morgan fingerprint density at radius 2 is 1.83 bits per heavy atom. The topological polar surface area (TPSA) is 95.9 Å². The minimum Gasteiger partial charge on any atom is -0.494 e. The van der Waals surface area contributed by atoms with Gasteiger partial charge in [0.2, 0.25) is 5.91 Å². The molecule has 0 atom stereocenters. The third-order valence-electron chi connectivity index (χ3n) is 3.34. The molecular weight excluding hydrogens is 312 g/mol. The number of carboxylic acid groups (broad SMARTS) is 1. The maximum absolute atomic E-state index is 12.2. The zero-order valence-corrected chi connectivity index (χ0v) is 14.2. The second-order valence-electron chi connectivity index (χ2n) is 5.46. The Bertz CT molecular complexity index is 569. The minimum atomic E-state index is -0.966. The van der Waals surface area contributed by atoms with Gasteiger partial charge in [0.15, 0.2) is 0 Å². The van der Waals surface area contributed by atoms with Crippen molar-refractivity contribution in [1.82, 2.24) is 10.2 Å². The molecule has 132 valence electrons. The Morgan fingerprint density at radius 3 is 2.33 bits per heavy atom. The van der Waals surface area contributed by atoms with Crippen LogP contribution in [0.4, 0.5) is 0 Å². The van der Waals surface area contributed by atoms with Crippen LogP contribution in [0, 0.1) is 0 Å². The highest BCUT2D eigenvalue weighted by atomic mass is 16.5. The number of benzene rings is 1. The Labute approximate surface area is 141 Å². The Morgan fingerprint density at radius 1 is 1.21 bits per heavy atom. The minimum absolute atomic E-state index is 0.116. The number of carbonyl (C=O) groups excluding carboxylic acids is 2. The van der Waals surface area contributed by atoms with Crippen LogP contribution in [0.15, 0.2) is 24.3 Å². The number of rotatable bonds is 9. The van der Waals surface area contributed by atoms with Crippen LogP contribution in [0.3, 0.4) is 0 Å². The molecule has 2 N–H and O–H groups in total. The normalized spacial score (nSPS) is 10.3. The molecule has 0 aliphatic carbocycles. The quantitative estimate of drug-likeness (QED) is 0.713. The van der Waals surface area contributed by atoms with Crippen LogP contribution in [0.1, 0.15) is 37.6 Å². The van der Waals surface area contributed by atoms with E-state index in [0.717, 1.165) is 0 Å². The second kappa shape index (κ2) is 9.54. The SMILES string of the molecule is CCOc1ccc(C(=O)NCC(=O)N(CCC(=O)O)C(C)C)cc1. The fourth-order valence-corrected chi connectivity index (χ4v) is 2.12. The summed E-state index contributed by atoms with van der Waals surface area (Å²) in [5.74, 6) is -0.976. The Kier molecular flexibility index (Phi) is 7.74. The molecule has 24 heavy (non-hydrogen) atoms. The molecule has 0 aromatic heterocycles. The maximum Gasteiger partial charge on any atom is 0.305 e. The molecule has 1 aromatic carbocycles. The van der Waals surface area contributed by atoms with E-state index in [9.17, 15) is 14.4 Å². The first-order chi connectivity index (χ1) is 11.3. The van der Waals surface area contributed by atoms with Crippen LogP contribution in [-0.4, -0.2) is 53.5 Å². The lowest BCUT2D eigenvalue weighted by atomic mass is 10.2. The van der Waals surface area contributed by atoms with E-state index in [4.69, 9.17) is 9.84 Å². The molecule has 1 aromatic rings. The zero-order valence-electron chi connectivity index (χ0n) is 14.2. The number of ether oxygens (including phenoxy) is 1. The lowest BCUT2D eigenvalue weighted by Gasteiger charge is -2.26. The molecule has 0 saturated heterocycles. The maximum atomic E-state index is 12.2. The lowest BCUT2D eigenvalue weighted by Crippen LogP contribution is -2.44. The summed E-state index contributed by atoms with van der Waals surface area (Å²) < 4.78 is 5.30. The Balaban J connectivity index is 2.57. The van der Waals surface area contributed by atoms with Crippen molar-refractivity contribution in [2.45, 2.75) is 33.2 Å². The number of carboxylic acids is 1. The average molecular weight is 336 g/mol. The van der Waals surface area contributed by atoms with Gasteiger partial charge in [-0.15, -0.1) is 0 Å². The van der Waals surface area contributed by atoms with E-state index in [1.54, 1.807) is 38.1 Å². The van der Waals surface area contributed by atoms with E-state index in [0.29, 0.717) is 17.9 Å². The molecule has 0 aliphatic rings. The number of nitrogens with one attached hydrogen (secondary N) is 1. The van der Waals surface area contributed by atoms with E-state index in [1.807, 2.05) is 6.92 Å². The summed E-state index contributed by atoms with van der Waals surface area (Å²) >= 11 is 0. The third kappa shape index (κ3) is 6.28. The van der Waals surface area contributed by atoms with Crippen LogP contribution >= 0.6 is 0 Å². The van der Waals surface area contributed by atoms with Gasteiger partial charge in [-0.1, -0.05) is 0 Å². The van der Waals surface area contributed by atoms with Crippen molar-refractivity contribution in [2.75, 3.05) is 19.7 Å². The van der Waals surface area contributed by atoms with Gasteiger partial charge in [-0.3, -0.25) is 14.4 Å². The largest absolute Gasteiger partial charge is 0.494 e. The summed E-state index contributed by atoms with van der Waals surface area (Å²) in [6, 6.07) is 6.48. The van der Waals surface area contributed by atoms with Gasteiger partial charge in [-0.05, 0) is 45.0 Å². The summed E-state index contributed by atoms with van der Waals surface area (Å²) in [6.07, 6.45) is -0.128. The van der Waals surface area contributed by atoms with Crippen LogP contribution in [0.25, 0.3) is 0 Å². The van der Waals surface area contributed by atoms with E-state index < -0.39 is 5.97 Å². The number of hydrogen-bond donors (Lipinski definition) is 2. The predicted octanol–water partition coefficient (Wildman–Crippen LogP) is 1.53. The van der Waals surface area contributed by atoms with Gasteiger partial charge >= 0.3 is 5.97 Å². The number of nitrogens with zero attached hydrogens (tertiary/aromatic N) is 1. The van der Waals surface area contributed by atoms with Gasteiger partial charge in [-0.25, -0.2) is 0 Å². The monoisotopic (exact) mass is 336 g/mol. The van der Waals surface area contributed by atoms with Crippen molar-refractivity contribution >= 4 is 17.8 Å². The van der Waals surface area contributed by atoms with Crippen molar-refractivity contribution < 1.29 is 24.2 Å². The fraction of sp³-hybridized carbons (Fsp3) is 0.471. The molecule has 7 nitrogen and oxygen atoms in total. The average Bonchev–Trinajstić information content (AvgIpc) is 2.53. The van der Waals surface area contributed by atoms with Crippen LogP contribution in [0.5, 0.6) is 5.75 Å². The molecular formula is C17H24N2O5. The van der Waals surface area contributed by atoms with Crippen LogP contribution in [-0.2, 0) is 9.59 Å². The zero-order chi connectivity index (χ0) is 18.1. The summed E-state index contributed by atoms with van der Waals surface area (Å²) in [5, 5.41) is 11.3. The molecule has 0 bridgehead atoms. The molecule has 0 spiro atoms. The second-order valence-corrected chi connectivity index (χ2v) is 5.46. The number of carbonyl (C=O) groups is 3.